The number of carbonyl (C=O) groups excluding carboxylic acids is 4. The van der Waals surface area contributed by atoms with Crippen molar-refractivity contribution in [1.29, 1.82) is 0 Å². The van der Waals surface area contributed by atoms with Gasteiger partial charge in [0.25, 0.3) is 0 Å². The van der Waals surface area contributed by atoms with Crippen LogP contribution in [0.4, 0.5) is 0 Å². The number of rotatable bonds is 26. The third kappa shape index (κ3) is 47.6. The molecule has 0 aromatic heterocycles. The molecule has 0 spiro atoms. The zero-order valence-corrected chi connectivity index (χ0v) is 40.0. The van der Waals surface area contributed by atoms with E-state index in [0.29, 0.717) is 44.8 Å². The molecule has 0 aliphatic rings. The van der Waals surface area contributed by atoms with Crippen LogP contribution in [0.3, 0.4) is 0 Å². The van der Waals surface area contributed by atoms with Crippen molar-refractivity contribution in [1.82, 2.24) is 0 Å². The van der Waals surface area contributed by atoms with Crippen LogP contribution in [-0.2, 0) is 64.7 Å². The summed E-state index contributed by atoms with van der Waals surface area (Å²) in [6, 6.07) is 1.86. The van der Waals surface area contributed by atoms with Crippen molar-refractivity contribution < 1.29 is 94.1 Å². The molecule has 0 saturated carbocycles. The number of hydrogen-bond acceptors (Lipinski definition) is 20. The second-order valence-electron chi connectivity index (χ2n) is 11.1. The Labute approximate surface area is 348 Å². The zero-order valence-electron chi connectivity index (χ0n) is 36.0. The summed E-state index contributed by atoms with van der Waals surface area (Å²) in [6.07, 6.45) is 6.66. The highest BCUT2D eigenvalue weighted by molar-refractivity contribution is 6.69. The minimum absolute atomic E-state index is 0.0568. The Morgan fingerprint density at radius 1 is 0.431 bits per heavy atom. The van der Waals surface area contributed by atoms with Gasteiger partial charge in [-0.05, 0) is 44.8 Å². The van der Waals surface area contributed by atoms with E-state index in [2.05, 4.69) is 31.1 Å². The van der Waals surface area contributed by atoms with Gasteiger partial charge in [-0.2, -0.15) is 0 Å². The summed E-state index contributed by atoms with van der Waals surface area (Å²) in [5, 5.41) is 14.0. The van der Waals surface area contributed by atoms with E-state index >= 15 is 0 Å². The first-order valence-electron chi connectivity index (χ1n) is 17.5. The van der Waals surface area contributed by atoms with E-state index in [-0.39, 0.29) is 19.1 Å². The first kappa shape index (κ1) is 67.0. The molecule has 0 radical (unpaired) electrons. The van der Waals surface area contributed by atoms with E-state index in [1.54, 1.807) is 42.7 Å². The lowest BCUT2D eigenvalue weighted by Crippen LogP contribution is -2.42. The van der Waals surface area contributed by atoms with Crippen LogP contribution in [0.5, 0.6) is 0 Å². The molecule has 0 unspecified atom stereocenters. The second-order valence-corrected chi connectivity index (χ2v) is 23.4. The summed E-state index contributed by atoms with van der Waals surface area (Å²) in [7, 11) is 0.357. The highest BCUT2D eigenvalue weighted by Crippen LogP contribution is 2.16. The maximum absolute atomic E-state index is 10.7. The Morgan fingerprint density at radius 3 is 0.810 bits per heavy atom. The normalized spacial score (nSPS) is 10.5. The van der Waals surface area contributed by atoms with E-state index in [9.17, 15) is 24.0 Å². The van der Waals surface area contributed by atoms with E-state index in [0.717, 1.165) is 51.0 Å². The van der Waals surface area contributed by atoms with Gasteiger partial charge in [-0.1, -0.05) is 26.3 Å². The third-order valence-electron chi connectivity index (χ3n) is 6.35. The molecular weight excluding hydrogens is 841 g/mol. The highest BCUT2D eigenvalue weighted by atomic mass is 28.4. The van der Waals surface area contributed by atoms with Gasteiger partial charge >= 0.3 is 50.3 Å². The molecular formula is C34H72O20Si4. The van der Waals surface area contributed by atoms with Gasteiger partial charge in [0.2, 0.25) is 0 Å². The predicted octanol–water partition coefficient (Wildman–Crippen LogP) is 1.51. The van der Waals surface area contributed by atoms with Gasteiger partial charge in [-0.25, -0.2) is 19.2 Å². The van der Waals surface area contributed by atoms with Crippen LogP contribution in [0.2, 0.25) is 37.3 Å². The fraction of sp³-hybridized carbons (Fsp3) is 0.647. The maximum Gasteiger partial charge on any atom is 0.500 e. The second kappa shape index (κ2) is 43.8. The molecule has 0 aromatic rings. The summed E-state index contributed by atoms with van der Waals surface area (Å²) in [5.74, 6) is -1.80. The predicted molar refractivity (Wildman–Crippen MR) is 224 cm³/mol. The van der Waals surface area contributed by atoms with Crippen molar-refractivity contribution in [2.45, 2.75) is 63.0 Å². The Balaban J connectivity index is -0.000000151. The zero-order chi connectivity index (χ0) is 46.7. The minimum Gasteiger partial charge on any atom is -0.463 e. The number of carbonyl (C=O) groups is 4. The number of esters is 4. The monoisotopic (exact) mass is 912 g/mol. The molecule has 0 amide bonds. The molecule has 58 heavy (non-hydrogen) atoms. The third-order valence-corrected chi connectivity index (χ3v) is 14.6. The van der Waals surface area contributed by atoms with E-state index in [1.807, 2.05) is 13.1 Å². The molecule has 20 nitrogen and oxygen atoms in total. The van der Waals surface area contributed by atoms with Crippen LogP contribution in [0.25, 0.3) is 0 Å². The number of aliphatic hydroxyl groups is 2. The molecule has 0 aromatic carbocycles. The molecule has 0 fully saturated rings. The van der Waals surface area contributed by atoms with Crippen molar-refractivity contribution in [3.05, 3.63) is 50.6 Å². The van der Waals surface area contributed by atoms with E-state index in [1.165, 1.54) is 0 Å². The molecule has 0 bridgehead atoms. The van der Waals surface area contributed by atoms with Crippen molar-refractivity contribution in [3.8, 4) is 0 Å². The van der Waals surface area contributed by atoms with Gasteiger partial charge in [0, 0.05) is 99.3 Å². The van der Waals surface area contributed by atoms with Crippen molar-refractivity contribution in [2.24, 2.45) is 0 Å². The number of ether oxygens (including phenoxy) is 4. The first-order valence-corrected chi connectivity index (χ1v) is 26.5. The first-order chi connectivity index (χ1) is 27.2. The van der Waals surface area contributed by atoms with E-state index < -0.39 is 58.6 Å². The summed E-state index contributed by atoms with van der Waals surface area (Å²) in [4.78, 5) is 77.4. The van der Waals surface area contributed by atoms with Gasteiger partial charge in [-0.3, -0.25) is 0 Å². The average molecular weight is 913 g/mol. The van der Waals surface area contributed by atoms with Gasteiger partial charge in [-0.15, -0.1) is 0 Å². The lowest BCUT2D eigenvalue weighted by atomic mass is 10.5. The summed E-state index contributed by atoms with van der Waals surface area (Å²) in [5.41, 5.74) is 0. The van der Waals surface area contributed by atoms with Crippen molar-refractivity contribution >= 4 is 58.6 Å². The van der Waals surface area contributed by atoms with Crippen LogP contribution >= 0.6 is 0 Å². The van der Waals surface area contributed by atoms with Crippen molar-refractivity contribution in [2.75, 3.05) is 83.3 Å². The molecule has 6 N–H and O–H groups in total. The number of hydrogen-bond donors (Lipinski definition) is 6. The summed E-state index contributed by atoms with van der Waals surface area (Å²) >= 11 is 0. The fourth-order valence-electron chi connectivity index (χ4n) is 3.43. The SMILES string of the molecule is C=CC(=O)OCCC[Si](C)(C)O.C=CC(=O)OCCC[Si](O)(O)O.C=CC(=O)OCCC[Si](OC)(OC)OC.C=CC(=O)OCCC[Si](OC)(OC)OC.CO.CO. The van der Waals surface area contributed by atoms with Gasteiger partial charge in [0.15, 0.2) is 8.32 Å². The minimum atomic E-state index is -3.96. The maximum atomic E-state index is 10.7. The molecule has 0 heterocycles. The van der Waals surface area contributed by atoms with Gasteiger partial charge < -0.3 is 74.9 Å². The molecule has 0 saturated heterocycles. The molecule has 0 atom stereocenters. The largest absolute Gasteiger partial charge is 0.500 e. The topological polar surface area (TPSA) is 282 Å². The van der Waals surface area contributed by atoms with Crippen LogP contribution in [-0.4, -0.2) is 171 Å². The highest BCUT2D eigenvalue weighted by Gasteiger charge is 2.37. The van der Waals surface area contributed by atoms with Crippen LogP contribution in [0.1, 0.15) is 25.7 Å². The average Bonchev–Trinajstić information content (AvgIpc) is 3.22. The van der Waals surface area contributed by atoms with Crippen LogP contribution in [0, 0.1) is 0 Å². The Morgan fingerprint density at radius 2 is 0.638 bits per heavy atom. The molecule has 0 rings (SSSR count). The molecule has 0 aliphatic heterocycles. The number of aliphatic hydroxyl groups excluding tert-OH is 2. The Kier molecular flexibility index (Phi) is 50.6. The van der Waals surface area contributed by atoms with Gasteiger partial charge in [0.1, 0.15) is 0 Å². The lowest BCUT2D eigenvalue weighted by molar-refractivity contribution is -0.138. The van der Waals surface area contributed by atoms with Crippen LogP contribution < -0.4 is 0 Å². The Hall–Kier alpha value is -2.77. The summed E-state index contributed by atoms with van der Waals surface area (Å²) < 4.78 is 50.1. The van der Waals surface area contributed by atoms with E-state index in [4.69, 9.17) is 65.4 Å². The smallest absolute Gasteiger partial charge is 0.463 e. The quantitative estimate of drug-likeness (QED) is 0.0236. The van der Waals surface area contributed by atoms with Gasteiger partial charge in [0.05, 0.1) is 26.4 Å². The summed E-state index contributed by atoms with van der Waals surface area (Å²) in [6.45, 7) is 17.8. The van der Waals surface area contributed by atoms with Crippen LogP contribution in [0.15, 0.2) is 50.6 Å². The van der Waals surface area contributed by atoms with Crippen molar-refractivity contribution in [3.63, 3.8) is 0 Å². The molecule has 344 valence electrons. The molecule has 24 heteroatoms. The standard InChI is InChI=1S/2C9H18O5Si.C8H16O3Si.C6H12O5Si.2CH4O/c2*1-5-9(10)14-7-6-8-15(11-2,12-3)13-4;1-4-8(9)11-6-5-7-12(2,3)10;1-2-6(7)11-4-3-5-12(8,9)10;2*1-2/h2*5H,1,6-8H2,2-4H3;4,10H,1,5-7H2,2-3H3;2,8-10H,1,3-5H2;2*2H,1H3. The fourth-order valence-corrected chi connectivity index (χ4v) is 8.44. The molecule has 0 aliphatic carbocycles. The lowest BCUT2D eigenvalue weighted by Gasteiger charge is -2.23. The Bertz CT molecular complexity index is 961.